The van der Waals surface area contributed by atoms with E-state index >= 15 is 0 Å². The second kappa shape index (κ2) is 4.12. The molecule has 1 saturated carbocycles. The van der Waals surface area contributed by atoms with Crippen LogP contribution in [0.3, 0.4) is 0 Å². The van der Waals surface area contributed by atoms with Crippen LogP contribution in [-0.2, 0) is 17.2 Å². The summed E-state index contributed by atoms with van der Waals surface area (Å²) in [6.07, 6.45) is 2.27. The van der Waals surface area contributed by atoms with Crippen molar-refractivity contribution in [3.05, 3.63) is 17.5 Å². The van der Waals surface area contributed by atoms with E-state index in [2.05, 4.69) is 5.10 Å². The Labute approximate surface area is 99.4 Å². The van der Waals surface area contributed by atoms with Crippen LogP contribution in [0.4, 0.5) is 0 Å². The molecule has 0 atom stereocenters. The molecule has 0 unspecified atom stereocenters. The van der Waals surface area contributed by atoms with Gasteiger partial charge in [-0.15, -0.1) is 0 Å². The van der Waals surface area contributed by atoms with E-state index in [-0.39, 0.29) is 11.5 Å². The molecule has 1 fully saturated rings. The Balaban J connectivity index is 2.43. The van der Waals surface area contributed by atoms with Crippen LogP contribution >= 0.6 is 0 Å². The number of aromatic nitrogens is 2. The van der Waals surface area contributed by atoms with Crippen molar-refractivity contribution in [1.29, 1.82) is 0 Å². The summed E-state index contributed by atoms with van der Waals surface area (Å²) < 4.78 is 6.37. The summed E-state index contributed by atoms with van der Waals surface area (Å²) in [5.41, 5.74) is 6.64. The molecule has 6 nitrogen and oxygen atoms in total. The number of nitrogens with zero attached hydrogens (tertiary/aromatic N) is 2. The van der Waals surface area contributed by atoms with Gasteiger partial charge in [0.05, 0.1) is 25.1 Å². The van der Waals surface area contributed by atoms with Crippen molar-refractivity contribution in [3.63, 3.8) is 0 Å². The smallest absolute Gasteiger partial charge is 0.341 e. The minimum Gasteiger partial charge on any atom is -0.465 e. The lowest BCUT2D eigenvalue weighted by molar-refractivity contribution is 0.0170. The summed E-state index contributed by atoms with van der Waals surface area (Å²) in [5, 5.41) is 13.6. The summed E-state index contributed by atoms with van der Waals surface area (Å²) in [4.78, 5) is 11.7. The van der Waals surface area contributed by atoms with Crippen molar-refractivity contribution in [2.75, 3.05) is 13.7 Å². The highest BCUT2D eigenvalue weighted by atomic mass is 16.5. The lowest BCUT2D eigenvalue weighted by Gasteiger charge is -2.45. The van der Waals surface area contributed by atoms with Crippen molar-refractivity contribution in [3.8, 4) is 0 Å². The first-order valence-corrected chi connectivity index (χ1v) is 5.53. The fraction of sp³-hybridized carbons (Fsp3) is 0.636. The average molecular weight is 239 g/mol. The first kappa shape index (κ1) is 12.1. The molecule has 1 aromatic heterocycles. The van der Waals surface area contributed by atoms with E-state index in [4.69, 9.17) is 10.5 Å². The Hall–Kier alpha value is -1.40. The second-order valence-electron chi connectivity index (χ2n) is 4.57. The number of carbonyl (C=O) groups excluding carboxylic acids is 1. The second-order valence-corrected chi connectivity index (χ2v) is 4.57. The van der Waals surface area contributed by atoms with Crippen LogP contribution in [0.5, 0.6) is 0 Å². The quantitative estimate of drug-likeness (QED) is 0.698. The number of nitrogens with two attached hydrogens (primary N) is 1. The zero-order valence-electron chi connectivity index (χ0n) is 10.0. The van der Waals surface area contributed by atoms with Crippen LogP contribution < -0.4 is 5.73 Å². The molecule has 17 heavy (non-hydrogen) atoms. The molecule has 0 amide bonds. The van der Waals surface area contributed by atoms with Crippen LogP contribution in [-0.4, -0.2) is 40.6 Å². The third kappa shape index (κ3) is 1.73. The van der Waals surface area contributed by atoms with Crippen molar-refractivity contribution in [2.45, 2.75) is 24.4 Å². The van der Waals surface area contributed by atoms with Gasteiger partial charge in [-0.05, 0) is 12.8 Å². The maximum Gasteiger partial charge on any atom is 0.341 e. The van der Waals surface area contributed by atoms with Gasteiger partial charge in [0.1, 0.15) is 5.56 Å². The number of esters is 1. The van der Waals surface area contributed by atoms with Crippen molar-refractivity contribution >= 4 is 5.97 Å². The maximum absolute atomic E-state index is 11.7. The highest BCUT2D eigenvalue weighted by Crippen LogP contribution is 2.44. The summed E-state index contributed by atoms with van der Waals surface area (Å²) in [6.45, 7) is 0.383. The third-order valence-corrected chi connectivity index (χ3v) is 3.49. The Morgan fingerprint density at radius 1 is 1.76 bits per heavy atom. The van der Waals surface area contributed by atoms with E-state index < -0.39 is 5.97 Å². The molecule has 0 spiro atoms. The molecule has 3 N–H and O–H groups in total. The predicted octanol–water partition coefficient (Wildman–Crippen LogP) is -0.442. The number of carbonyl (C=O) groups is 1. The molecule has 2 rings (SSSR count). The molecule has 0 bridgehead atoms. The highest BCUT2D eigenvalue weighted by Gasteiger charge is 2.48. The molecule has 1 aliphatic rings. The molecule has 1 aliphatic carbocycles. The predicted molar refractivity (Wildman–Crippen MR) is 60.5 cm³/mol. The number of ether oxygens (including phenoxy) is 1. The summed E-state index contributed by atoms with van der Waals surface area (Å²) in [6, 6.07) is 0. The van der Waals surface area contributed by atoms with Crippen molar-refractivity contribution < 1.29 is 14.6 Å². The van der Waals surface area contributed by atoms with Gasteiger partial charge in [-0.3, -0.25) is 4.68 Å². The molecular formula is C11H17N3O3. The van der Waals surface area contributed by atoms with Crippen LogP contribution in [0, 0.1) is 0 Å². The zero-order valence-corrected chi connectivity index (χ0v) is 10.0. The Morgan fingerprint density at radius 2 is 2.41 bits per heavy atom. The standard InChI is InChI=1S/C11H17N3O3/c1-14-9(8(5-13-14)10(16)17-2)11(6-12)3-7(15)4-11/h5,7,15H,3-4,6,12H2,1-2H3. The number of aliphatic hydroxyl groups excluding tert-OH is 1. The van der Waals surface area contributed by atoms with Gasteiger partial charge in [0.25, 0.3) is 0 Å². The Morgan fingerprint density at radius 3 is 2.88 bits per heavy atom. The lowest BCUT2D eigenvalue weighted by Crippen LogP contribution is -2.51. The van der Waals surface area contributed by atoms with E-state index in [0.717, 1.165) is 5.69 Å². The summed E-state index contributed by atoms with van der Waals surface area (Å²) >= 11 is 0. The minimum absolute atomic E-state index is 0.348. The number of aryl methyl sites for hydroxylation is 1. The van der Waals surface area contributed by atoms with Crippen LogP contribution in [0.15, 0.2) is 6.20 Å². The fourth-order valence-electron chi connectivity index (χ4n) is 2.62. The first-order chi connectivity index (χ1) is 8.04. The molecule has 1 aromatic rings. The number of aliphatic hydroxyl groups is 1. The molecule has 0 saturated heterocycles. The molecule has 6 heteroatoms. The van der Waals surface area contributed by atoms with Crippen molar-refractivity contribution in [1.82, 2.24) is 9.78 Å². The Kier molecular flexibility index (Phi) is 2.92. The third-order valence-electron chi connectivity index (χ3n) is 3.49. The van der Waals surface area contributed by atoms with E-state index in [1.54, 1.807) is 11.7 Å². The first-order valence-electron chi connectivity index (χ1n) is 5.53. The van der Waals surface area contributed by atoms with Gasteiger partial charge in [0.2, 0.25) is 0 Å². The number of rotatable bonds is 3. The summed E-state index contributed by atoms with van der Waals surface area (Å²) in [5.74, 6) is -0.415. The van der Waals surface area contributed by atoms with E-state index in [9.17, 15) is 9.90 Å². The van der Waals surface area contributed by atoms with E-state index in [1.165, 1.54) is 13.3 Å². The van der Waals surface area contributed by atoms with Gasteiger partial charge in [-0.2, -0.15) is 5.10 Å². The Bertz CT molecular complexity index is 435. The van der Waals surface area contributed by atoms with Gasteiger partial charge < -0.3 is 15.6 Å². The van der Waals surface area contributed by atoms with Crippen molar-refractivity contribution in [2.24, 2.45) is 12.8 Å². The molecular weight excluding hydrogens is 222 g/mol. The fourth-order valence-corrected chi connectivity index (χ4v) is 2.62. The zero-order chi connectivity index (χ0) is 12.6. The average Bonchev–Trinajstić information content (AvgIpc) is 2.66. The topological polar surface area (TPSA) is 90.4 Å². The van der Waals surface area contributed by atoms with E-state index in [1.807, 2.05) is 0 Å². The number of hydrogen-bond acceptors (Lipinski definition) is 5. The molecule has 0 radical (unpaired) electrons. The van der Waals surface area contributed by atoms with Gasteiger partial charge in [-0.1, -0.05) is 0 Å². The molecule has 0 aromatic carbocycles. The normalized spacial score (nSPS) is 27.6. The van der Waals surface area contributed by atoms with E-state index in [0.29, 0.717) is 24.9 Å². The number of hydrogen-bond donors (Lipinski definition) is 2. The largest absolute Gasteiger partial charge is 0.465 e. The maximum atomic E-state index is 11.7. The highest BCUT2D eigenvalue weighted by molar-refractivity contribution is 5.90. The van der Waals surface area contributed by atoms with Crippen LogP contribution in [0.2, 0.25) is 0 Å². The lowest BCUT2D eigenvalue weighted by atomic mass is 9.64. The summed E-state index contributed by atoms with van der Waals surface area (Å²) in [7, 11) is 3.10. The van der Waals surface area contributed by atoms with Crippen LogP contribution in [0.25, 0.3) is 0 Å². The van der Waals surface area contributed by atoms with Gasteiger partial charge in [-0.25, -0.2) is 4.79 Å². The molecule has 94 valence electrons. The van der Waals surface area contributed by atoms with Gasteiger partial charge in [0.15, 0.2) is 0 Å². The molecule has 0 aliphatic heterocycles. The SMILES string of the molecule is COC(=O)c1cnn(C)c1C1(CN)CC(O)C1. The molecule has 1 heterocycles. The van der Waals surface area contributed by atoms with Gasteiger partial charge >= 0.3 is 5.97 Å². The number of methoxy groups -OCH3 is 1. The monoisotopic (exact) mass is 239 g/mol. The van der Waals surface area contributed by atoms with Crippen LogP contribution in [0.1, 0.15) is 28.9 Å². The van der Waals surface area contributed by atoms with Gasteiger partial charge in [0, 0.05) is 19.0 Å². The minimum atomic E-state index is -0.415.